The van der Waals surface area contributed by atoms with Crippen LogP contribution in [0.5, 0.6) is 5.75 Å². The highest BCUT2D eigenvalue weighted by Crippen LogP contribution is 2.15. The molecule has 3 nitrogen and oxygen atoms in total. The summed E-state index contributed by atoms with van der Waals surface area (Å²) in [5.41, 5.74) is 2.05. The molecule has 16 heavy (non-hydrogen) atoms. The number of ether oxygens (including phenoxy) is 1. The second-order valence-corrected chi connectivity index (χ2v) is 6.27. The first kappa shape index (κ1) is 13.0. The Hall–Kier alpha value is -1.03. The van der Waals surface area contributed by atoms with Gasteiger partial charge in [-0.05, 0) is 49.6 Å². The second kappa shape index (κ2) is 5.34. The van der Waals surface area contributed by atoms with E-state index < -0.39 is 9.84 Å². The largest absolute Gasteiger partial charge is 0.494 e. The Morgan fingerprint density at radius 2 is 1.81 bits per heavy atom. The van der Waals surface area contributed by atoms with Crippen LogP contribution < -0.4 is 4.74 Å². The van der Waals surface area contributed by atoms with Gasteiger partial charge in [0.2, 0.25) is 0 Å². The van der Waals surface area contributed by atoms with Gasteiger partial charge in [-0.25, -0.2) is 8.42 Å². The fourth-order valence-electron chi connectivity index (χ4n) is 1.45. The third kappa shape index (κ3) is 5.16. The first-order valence-corrected chi connectivity index (χ1v) is 7.24. The summed E-state index contributed by atoms with van der Waals surface area (Å²) < 4.78 is 27.3. The number of rotatable bonds is 5. The molecule has 0 aromatic heterocycles. The van der Waals surface area contributed by atoms with Gasteiger partial charge >= 0.3 is 0 Å². The molecule has 0 spiro atoms. The Kier molecular flexibility index (Phi) is 4.35. The molecule has 1 radical (unpaired) electrons. The lowest BCUT2D eigenvalue weighted by atomic mass is 10.1. The molecule has 0 bridgehead atoms. The van der Waals surface area contributed by atoms with Crippen molar-refractivity contribution in [3.05, 3.63) is 29.3 Å². The van der Waals surface area contributed by atoms with Crippen LogP contribution in [0.1, 0.15) is 17.5 Å². The standard InChI is InChI=1S/C12H17O3S/c1-10-7-11(2)9-12(8-10)15-5-4-6-16(3,13)14/h8-9H,4-6H2,1-3H3. The van der Waals surface area contributed by atoms with Crippen LogP contribution in [0.2, 0.25) is 0 Å². The van der Waals surface area contributed by atoms with Crippen LogP contribution in [0.3, 0.4) is 0 Å². The number of hydrogen-bond donors (Lipinski definition) is 0. The molecule has 0 saturated carbocycles. The zero-order valence-electron chi connectivity index (χ0n) is 9.91. The van der Waals surface area contributed by atoms with Crippen LogP contribution in [0.15, 0.2) is 12.1 Å². The lowest BCUT2D eigenvalue weighted by Crippen LogP contribution is -2.08. The summed E-state index contributed by atoms with van der Waals surface area (Å²) in [6.07, 6.45) is 1.76. The second-order valence-electron chi connectivity index (χ2n) is 4.01. The van der Waals surface area contributed by atoms with E-state index in [1.807, 2.05) is 26.0 Å². The van der Waals surface area contributed by atoms with Crippen LogP contribution in [-0.2, 0) is 9.84 Å². The fourth-order valence-corrected chi connectivity index (χ4v) is 2.09. The average Bonchev–Trinajstić information content (AvgIpc) is 2.09. The van der Waals surface area contributed by atoms with E-state index in [0.717, 1.165) is 16.9 Å². The van der Waals surface area contributed by atoms with Gasteiger partial charge in [0.15, 0.2) is 0 Å². The minimum atomic E-state index is -2.88. The Labute approximate surface area is 97.4 Å². The van der Waals surface area contributed by atoms with E-state index in [9.17, 15) is 8.42 Å². The molecule has 0 amide bonds. The molecule has 0 heterocycles. The maximum Gasteiger partial charge on any atom is 0.147 e. The predicted molar refractivity (Wildman–Crippen MR) is 64.6 cm³/mol. The van der Waals surface area contributed by atoms with E-state index in [1.165, 1.54) is 6.26 Å². The van der Waals surface area contributed by atoms with Crippen molar-refractivity contribution in [2.45, 2.75) is 20.3 Å². The van der Waals surface area contributed by atoms with Crippen LogP contribution in [0.25, 0.3) is 0 Å². The first-order chi connectivity index (χ1) is 7.37. The van der Waals surface area contributed by atoms with Crippen LogP contribution in [0.4, 0.5) is 0 Å². The highest BCUT2D eigenvalue weighted by atomic mass is 32.2. The third-order valence-corrected chi connectivity index (χ3v) is 3.07. The Morgan fingerprint density at radius 3 is 2.31 bits per heavy atom. The first-order valence-electron chi connectivity index (χ1n) is 5.18. The van der Waals surface area contributed by atoms with Crippen molar-refractivity contribution in [1.29, 1.82) is 0 Å². The summed E-state index contributed by atoms with van der Waals surface area (Å²) in [4.78, 5) is 0. The molecule has 89 valence electrons. The number of aryl methyl sites for hydroxylation is 2. The summed E-state index contributed by atoms with van der Waals surface area (Å²) in [5.74, 6) is 0.950. The molecular formula is C12H17O3S. The maximum absolute atomic E-state index is 10.9. The normalized spacial score (nSPS) is 11.4. The van der Waals surface area contributed by atoms with E-state index >= 15 is 0 Å². The molecule has 0 aliphatic rings. The third-order valence-electron chi connectivity index (χ3n) is 2.04. The number of hydrogen-bond acceptors (Lipinski definition) is 3. The van der Waals surface area contributed by atoms with Gasteiger partial charge in [0.05, 0.1) is 12.4 Å². The molecule has 0 N–H and O–H groups in total. The molecule has 0 unspecified atom stereocenters. The van der Waals surface area contributed by atoms with Crippen molar-refractivity contribution in [2.24, 2.45) is 0 Å². The van der Waals surface area contributed by atoms with Gasteiger partial charge in [-0.15, -0.1) is 0 Å². The van der Waals surface area contributed by atoms with Crippen LogP contribution >= 0.6 is 0 Å². The van der Waals surface area contributed by atoms with Gasteiger partial charge in [-0.3, -0.25) is 0 Å². The minimum Gasteiger partial charge on any atom is -0.494 e. The Morgan fingerprint density at radius 1 is 1.25 bits per heavy atom. The molecule has 0 fully saturated rings. The van der Waals surface area contributed by atoms with E-state index in [4.69, 9.17) is 4.74 Å². The lowest BCUT2D eigenvalue weighted by Gasteiger charge is -2.07. The van der Waals surface area contributed by atoms with Crippen LogP contribution in [-0.4, -0.2) is 27.0 Å². The van der Waals surface area contributed by atoms with E-state index in [0.29, 0.717) is 13.0 Å². The molecule has 0 atom stereocenters. The van der Waals surface area contributed by atoms with Gasteiger partial charge in [0, 0.05) is 6.26 Å². The van der Waals surface area contributed by atoms with E-state index in [1.54, 1.807) is 0 Å². The number of sulfone groups is 1. The molecule has 0 aliphatic heterocycles. The molecule has 4 heteroatoms. The summed E-state index contributed by atoms with van der Waals surface area (Å²) >= 11 is 0. The topological polar surface area (TPSA) is 43.4 Å². The van der Waals surface area contributed by atoms with Gasteiger partial charge < -0.3 is 4.74 Å². The summed E-state index contributed by atoms with van der Waals surface area (Å²) in [5, 5.41) is 0. The van der Waals surface area contributed by atoms with E-state index in [2.05, 4.69) is 6.07 Å². The Balaban J connectivity index is 2.43. The van der Waals surface area contributed by atoms with Gasteiger partial charge in [-0.1, -0.05) is 0 Å². The SMILES string of the molecule is Cc1[c]c(C)cc(OCCCS(C)(=O)=O)c1. The molecular weight excluding hydrogens is 224 g/mol. The highest BCUT2D eigenvalue weighted by molar-refractivity contribution is 7.90. The lowest BCUT2D eigenvalue weighted by molar-refractivity contribution is 0.317. The van der Waals surface area contributed by atoms with Crippen molar-refractivity contribution in [1.82, 2.24) is 0 Å². The molecule has 1 rings (SSSR count). The van der Waals surface area contributed by atoms with Gasteiger partial charge in [-0.2, -0.15) is 0 Å². The van der Waals surface area contributed by atoms with Crippen molar-refractivity contribution in [3.8, 4) is 5.75 Å². The minimum absolute atomic E-state index is 0.171. The molecule has 1 aromatic rings. The van der Waals surface area contributed by atoms with Crippen molar-refractivity contribution < 1.29 is 13.2 Å². The van der Waals surface area contributed by atoms with Gasteiger partial charge in [0.1, 0.15) is 15.6 Å². The Bertz CT molecular complexity index is 429. The predicted octanol–water partition coefficient (Wildman–Crippen LogP) is 1.92. The van der Waals surface area contributed by atoms with Gasteiger partial charge in [0.25, 0.3) is 0 Å². The maximum atomic E-state index is 10.9. The molecule has 0 aliphatic carbocycles. The van der Waals surface area contributed by atoms with Crippen molar-refractivity contribution in [3.63, 3.8) is 0 Å². The van der Waals surface area contributed by atoms with Crippen LogP contribution in [0, 0.1) is 19.9 Å². The smallest absolute Gasteiger partial charge is 0.147 e. The highest BCUT2D eigenvalue weighted by Gasteiger charge is 2.02. The summed E-state index contributed by atoms with van der Waals surface area (Å²) in [7, 11) is -2.88. The van der Waals surface area contributed by atoms with Crippen molar-refractivity contribution >= 4 is 9.84 Å². The summed E-state index contributed by atoms with van der Waals surface area (Å²) in [6.45, 7) is 4.34. The fraction of sp³-hybridized carbons (Fsp3) is 0.500. The summed E-state index contributed by atoms with van der Waals surface area (Å²) in [6, 6.07) is 6.94. The van der Waals surface area contributed by atoms with E-state index in [-0.39, 0.29) is 5.75 Å². The average molecular weight is 241 g/mol. The zero-order valence-corrected chi connectivity index (χ0v) is 10.7. The molecule has 1 aromatic carbocycles. The zero-order chi connectivity index (χ0) is 12.2. The quantitative estimate of drug-likeness (QED) is 0.740. The van der Waals surface area contributed by atoms with Crippen molar-refractivity contribution in [2.75, 3.05) is 18.6 Å². The monoisotopic (exact) mass is 241 g/mol. The molecule has 0 saturated heterocycles. The number of benzene rings is 1.